The summed E-state index contributed by atoms with van der Waals surface area (Å²) in [7, 11) is 0. The molecule has 1 atom stereocenters. The molecule has 1 aromatic rings. The van der Waals surface area contributed by atoms with E-state index in [0.29, 0.717) is 0 Å². The van der Waals surface area contributed by atoms with E-state index in [1.54, 1.807) is 12.1 Å². The van der Waals surface area contributed by atoms with Crippen LogP contribution >= 0.6 is 0 Å². The minimum absolute atomic E-state index is 0.171. The Morgan fingerprint density at radius 2 is 2.00 bits per heavy atom. The quantitative estimate of drug-likeness (QED) is 0.802. The lowest BCUT2D eigenvalue weighted by atomic mass is 9.83. The Morgan fingerprint density at radius 1 is 1.41 bits per heavy atom. The van der Waals surface area contributed by atoms with Crippen LogP contribution in [-0.4, -0.2) is 5.78 Å². The number of hydrogen-bond donors (Lipinski definition) is 0. The summed E-state index contributed by atoms with van der Waals surface area (Å²) < 4.78 is 13.5. The van der Waals surface area contributed by atoms with Crippen molar-refractivity contribution in [3.63, 3.8) is 0 Å². The van der Waals surface area contributed by atoms with Crippen molar-refractivity contribution in [3.05, 3.63) is 35.6 Å². The minimum Gasteiger partial charge on any atom is -0.298 e. The maximum absolute atomic E-state index is 13.5. The molecular formula is C14H16FNO. The van der Waals surface area contributed by atoms with Crippen molar-refractivity contribution >= 4 is 5.78 Å². The van der Waals surface area contributed by atoms with Crippen LogP contribution in [0.2, 0.25) is 0 Å². The molecule has 3 heteroatoms. The van der Waals surface area contributed by atoms with Gasteiger partial charge < -0.3 is 0 Å². The van der Waals surface area contributed by atoms with Crippen LogP contribution in [0, 0.1) is 22.6 Å². The number of carbonyl (C=O) groups excluding carboxylic acids is 1. The van der Waals surface area contributed by atoms with E-state index in [4.69, 9.17) is 5.26 Å². The number of halogens is 1. The van der Waals surface area contributed by atoms with Gasteiger partial charge in [0.1, 0.15) is 11.7 Å². The summed E-state index contributed by atoms with van der Waals surface area (Å²) in [6.45, 7) is 5.75. The summed E-state index contributed by atoms with van der Waals surface area (Å²) in [6.07, 6.45) is 0.263. The Morgan fingerprint density at radius 3 is 2.47 bits per heavy atom. The van der Waals surface area contributed by atoms with Crippen LogP contribution in [0.4, 0.5) is 4.39 Å². The average Bonchev–Trinajstić information content (AvgIpc) is 2.19. The van der Waals surface area contributed by atoms with E-state index in [-0.39, 0.29) is 23.2 Å². The van der Waals surface area contributed by atoms with E-state index < -0.39 is 11.7 Å². The molecule has 0 heterocycles. The molecule has 0 spiro atoms. The molecule has 0 bridgehead atoms. The van der Waals surface area contributed by atoms with Crippen molar-refractivity contribution in [3.8, 4) is 6.07 Å². The highest BCUT2D eigenvalue weighted by Gasteiger charge is 2.26. The van der Waals surface area contributed by atoms with Gasteiger partial charge in [-0.1, -0.05) is 39.0 Å². The van der Waals surface area contributed by atoms with Gasteiger partial charge in [0.2, 0.25) is 0 Å². The molecule has 0 aliphatic carbocycles. The van der Waals surface area contributed by atoms with Crippen LogP contribution < -0.4 is 0 Å². The molecule has 0 saturated carbocycles. The summed E-state index contributed by atoms with van der Waals surface area (Å²) in [5.74, 6) is -1.73. The van der Waals surface area contributed by atoms with Gasteiger partial charge in [-0.25, -0.2) is 4.39 Å². The first-order valence-corrected chi connectivity index (χ1v) is 5.52. The van der Waals surface area contributed by atoms with Crippen LogP contribution in [0.25, 0.3) is 0 Å². The van der Waals surface area contributed by atoms with Gasteiger partial charge in [0.25, 0.3) is 0 Å². The molecule has 0 amide bonds. The van der Waals surface area contributed by atoms with Crippen LogP contribution in [-0.2, 0) is 4.79 Å². The van der Waals surface area contributed by atoms with E-state index in [2.05, 4.69) is 0 Å². The molecule has 1 rings (SSSR count). The first kappa shape index (κ1) is 13.4. The predicted octanol–water partition coefficient (Wildman–Crippen LogP) is 3.44. The molecule has 0 fully saturated rings. The second kappa shape index (κ2) is 5.09. The molecular weight excluding hydrogens is 217 g/mol. The van der Waals surface area contributed by atoms with Gasteiger partial charge in [0.15, 0.2) is 5.78 Å². The van der Waals surface area contributed by atoms with Gasteiger partial charge in [-0.05, 0) is 11.5 Å². The van der Waals surface area contributed by atoms with Gasteiger partial charge in [0.05, 0.1) is 6.07 Å². The second-order valence-electron chi connectivity index (χ2n) is 5.29. The Labute approximate surface area is 101 Å². The van der Waals surface area contributed by atoms with Crippen LogP contribution in [0.1, 0.15) is 38.7 Å². The lowest BCUT2D eigenvalue weighted by Gasteiger charge is -2.19. The average molecular weight is 233 g/mol. The zero-order valence-electron chi connectivity index (χ0n) is 10.3. The fourth-order valence-electron chi connectivity index (χ4n) is 1.65. The number of ketones is 1. The van der Waals surface area contributed by atoms with Gasteiger partial charge >= 0.3 is 0 Å². The van der Waals surface area contributed by atoms with Crippen molar-refractivity contribution in [2.24, 2.45) is 5.41 Å². The number of nitriles is 1. The Kier molecular flexibility index (Phi) is 4.01. The zero-order chi connectivity index (χ0) is 13.1. The maximum Gasteiger partial charge on any atom is 0.155 e. The highest BCUT2D eigenvalue weighted by atomic mass is 19.1. The first-order valence-electron chi connectivity index (χ1n) is 5.52. The summed E-state index contributed by atoms with van der Waals surface area (Å²) in [4.78, 5) is 12.0. The third-order valence-electron chi connectivity index (χ3n) is 2.37. The van der Waals surface area contributed by atoms with Crippen molar-refractivity contribution in [1.82, 2.24) is 0 Å². The zero-order valence-corrected chi connectivity index (χ0v) is 10.3. The summed E-state index contributed by atoms with van der Waals surface area (Å²) in [5, 5.41) is 9.03. The minimum atomic E-state index is -1.00. The SMILES string of the molecule is CC(C)(C)CC(=O)C(C#N)c1ccccc1F. The summed E-state index contributed by atoms with van der Waals surface area (Å²) in [5.41, 5.74) is -0.0264. The fraction of sp³-hybridized carbons (Fsp3) is 0.429. The third-order valence-corrected chi connectivity index (χ3v) is 2.37. The molecule has 1 unspecified atom stereocenters. The summed E-state index contributed by atoms with van der Waals surface area (Å²) >= 11 is 0. The van der Waals surface area contributed by atoms with Crippen molar-refractivity contribution in [1.29, 1.82) is 5.26 Å². The Balaban J connectivity index is 2.98. The monoisotopic (exact) mass is 233 g/mol. The van der Waals surface area contributed by atoms with E-state index in [1.165, 1.54) is 12.1 Å². The molecule has 0 saturated heterocycles. The molecule has 0 aromatic heterocycles. The van der Waals surface area contributed by atoms with Crippen LogP contribution in [0.5, 0.6) is 0 Å². The van der Waals surface area contributed by atoms with Crippen molar-refractivity contribution in [2.75, 3.05) is 0 Å². The lowest BCUT2D eigenvalue weighted by Crippen LogP contribution is -2.19. The Hall–Kier alpha value is -1.69. The van der Waals surface area contributed by atoms with E-state index in [9.17, 15) is 9.18 Å². The Bertz CT molecular complexity index is 454. The van der Waals surface area contributed by atoms with Gasteiger partial charge in [-0.2, -0.15) is 5.26 Å². The van der Waals surface area contributed by atoms with Gasteiger partial charge in [0, 0.05) is 12.0 Å². The predicted molar refractivity (Wildman–Crippen MR) is 63.8 cm³/mol. The second-order valence-corrected chi connectivity index (χ2v) is 5.29. The lowest BCUT2D eigenvalue weighted by molar-refractivity contribution is -0.121. The molecule has 2 nitrogen and oxygen atoms in total. The van der Waals surface area contributed by atoms with Crippen LogP contribution in [0.3, 0.4) is 0 Å². The maximum atomic E-state index is 13.5. The standard InChI is InChI=1S/C14H16FNO/c1-14(2,3)8-13(17)11(9-16)10-6-4-5-7-12(10)15/h4-7,11H,8H2,1-3H3. The van der Waals surface area contributed by atoms with E-state index >= 15 is 0 Å². The first-order chi connectivity index (χ1) is 7.85. The number of carbonyl (C=O) groups is 1. The molecule has 1 aromatic carbocycles. The number of nitrogens with zero attached hydrogens (tertiary/aromatic N) is 1. The fourth-order valence-corrected chi connectivity index (χ4v) is 1.65. The summed E-state index contributed by atoms with van der Waals surface area (Å²) in [6, 6.07) is 7.82. The topological polar surface area (TPSA) is 40.9 Å². The molecule has 0 aliphatic heterocycles. The molecule has 17 heavy (non-hydrogen) atoms. The van der Waals surface area contributed by atoms with Crippen LogP contribution in [0.15, 0.2) is 24.3 Å². The van der Waals surface area contributed by atoms with E-state index in [1.807, 2.05) is 26.8 Å². The van der Waals surface area contributed by atoms with Crippen molar-refractivity contribution in [2.45, 2.75) is 33.1 Å². The molecule has 0 radical (unpaired) electrons. The number of Topliss-reactive ketones (excluding diaryl/α,β-unsaturated/α-hetero) is 1. The van der Waals surface area contributed by atoms with Crippen molar-refractivity contribution < 1.29 is 9.18 Å². The third kappa shape index (κ3) is 3.67. The van der Waals surface area contributed by atoms with Gasteiger partial charge in [-0.15, -0.1) is 0 Å². The smallest absolute Gasteiger partial charge is 0.155 e. The van der Waals surface area contributed by atoms with Gasteiger partial charge in [-0.3, -0.25) is 4.79 Å². The number of hydrogen-bond acceptors (Lipinski definition) is 2. The highest BCUT2D eigenvalue weighted by Crippen LogP contribution is 2.26. The number of rotatable bonds is 3. The van der Waals surface area contributed by atoms with E-state index in [0.717, 1.165) is 0 Å². The molecule has 90 valence electrons. The molecule has 0 N–H and O–H groups in total. The molecule has 0 aliphatic rings. The normalized spacial score (nSPS) is 12.9. The highest BCUT2D eigenvalue weighted by molar-refractivity contribution is 5.88. The number of benzene rings is 1. The largest absolute Gasteiger partial charge is 0.298 e.